The van der Waals surface area contributed by atoms with Crippen LogP contribution in [0.5, 0.6) is 0 Å². The lowest BCUT2D eigenvalue weighted by Gasteiger charge is -2.12. The fourth-order valence-electron chi connectivity index (χ4n) is 3.13. The van der Waals surface area contributed by atoms with Crippen molar-refractivity contribution in [3.63, 3.8) is 0 Å². The van der Waals surface area contributed by atoms with Crippen molar-refractivity contribution >= 4 is 27.9 Å². The molecule has 0 aliphatic carbocycles. The number of thiophene rings is 1. The number of carbonyl (C=O) groups is 1. The van der Waals surface area contributed by atoms with Crippen LogP contribution in [0.4, 0.5) is 10.7 Å². The normalized spacial score (nSPS) is 13.2. The maximum atomic E-state index is 12.6. The minimum Gasteiger partial charge on any atom is -0.376 e. The standard InChI is InChI=1S/C18H16N4O5S/c1-10-19-17(27-21-10)16-12-6-7-26-9-14(12)28-18(16)20-15(23)8-11-4-2-3-5-13(11)22(24)25/h2-5H,6-9H2,1H3,(H,20,23). The molecule has 3 aromatic rings. The maximum Gasteiger partial charge on any atom is 0.273 e. The number of fused-ring (bicyclic) bond motifs is 1. The molecular weight excluding hydrogens is 384 g/mol. The summed E-state index contributed by atoms with van der Waals surface area (Å²) < 4.78 is 10.8. The highest BCUT2D eigenvalue weighted by molar-refractivity contribution is 7.17. The van der Waals surface area contributed by atoms with E-state index in [0.29, 0.717) is 47.5 Å². The number of nitro benzene ring substituents is 1. The van der Waals surface area contributed by atoms with Crippen LogP contribution < -0.4 is 5.32 Å². The molecule has 0 unspecified atom stereocenters. The summed E-state index contributed by atoms with van der Waals surface area (Å²) in [6.45, 7) is 2.76. The Morgan fingerprint density at radius 3 is 2.96 bits per heavy atom. The lowest BCUT2D eigenvalue weighted by atomic mass is 10.1. The number of nitrogens with zero attached hydrogens (tertiary/aromatic N) is 3. The lowest BCUT2D eigenvalue weighted by molar-refractivity contribution is -0.385. The minimum absolute atomic E-state index is 0.0794. The zero-order valence-electron chi connectivity index (χ0n) is 14.9. The van der Waals surface area contributed by atoms with Crippen LogP contribution in [0.1, 0.15) is 21.8 Å². The van der Waals surface area contributed by atoms with Crippen LogP contribution in [0, 0.1) is 17.0 Å². The highest BCUT2D eigenvalue weighted by atomic mass is 32.1. The Bertz CT molecular complexity index is 1060. The van der Waals surface area contributed by atoms with E-state index < -0.39 is 4.92 Å². The number of benzene rings is 1. The van der Waals surface area contributed by atoms with Gasteiger partial charge >= 0.3 is 0 Å². The summed E-state index contributed by atoms with van der Waals surface area (Å²) in [6, 6.07) is 6.20. The van der Waals surface area contributed by atoms with Gasteiger partial charge in [-0.05, 0) is 18.9 Å². The first-order chi connectivity index (χ1) is 13.5. The molecule has 3 heterocycles. The number of hydrogen-bond acceptors (Lipinski definition) is 8. The van der Waals surface area contributed by atoms with E-state index in [1.54, 1.807) is 25.1 Å². The molecule has 4 rings (SSSR count). The van der Waals surface area contributed by atoms with Gasteiger partial charge in [0.15, 0.2) is 5.82 Å². The fourth-order valence-corrected chi connectivity index (χ4v) is 4.32. The van der Waals surface area contributed by atoms with Crippen molar-refractivity contribution in [3.8, 4) is 11.5 Å². The zero-order valence-corrected chi connectivity index (χ0v) is 15.7. The first-order valence-corrected chi connectivity index (χ1v) is 9.39. The van der Waals surface area contributed by atoms with Gasteiger partial charge in [-0.1, -0.05) is 23.4 Å². The van der Waals surface area contributed by atoms with Crippen molar-refractivity contribution in [2.45, 2.75) is 26.4 Å². The summed E-state index contributed by atoms with van der Waals surface area (Å²) >= 11 is 1.40. The number of amides is 1. The lowest BCUT2D eigenvalue weighted by Crippen LogP contribution is -2.15. The molecule has 1 aromatic carbocycles. The smallest absolute Gasteiger partial charge is 0.273 e. The van der Waals surface area contributed by atoms with Crippen LogP contribution in [0.25, 0.3) is 11.5 Å². The van der Waals surface area contributed by atoms with Gasteiger partial charge in [0.2, 0.25) is 5.91 Å². The van der Waals surface area contributed by atoms with Gasteiger partial charge in [-0.3, -0.25) is 14.9 Å². The van der Waals surface area contributed by atoms with Crippen molar-refractivity contribution in [3.05, 3.63) is 56.2 Å². The van der Waals surface area contributed by atoms with Crippen molar-refractivity contribution in [1.29, 1.82) is 0 Å². The van der Waals surface area contributed by atoms with E-state index in [-0.39, 0.29) is 18.0 Å². The third kappa shape index (κ3) is 3.51. The summed E-state index contributed by atoms with van der Waals surface area (Å²) in [5, 5.41) is 18.5. The van der Waals surface area contributed by atoms with Crippen LogP contribution in [0.2, 0.25) is 0 Å². The Morgan fingerprint density at radius 2 is 2.21 bits per heavy atom. The molecule has 10 heteroatoms. The quantitative estimate of drug-likeness (QED) is 0.515. The highest BCUT2D eigenvalue weighted by Gasteiger charge is 2.27. The third-order valence-corrected chi connectivity index (χ3v) is 5.47. The van der Waals surface area contributed by atoms with Crippen LogP contribution in [-0.4, -0.2) is 27.6 Å². The number of hydrogen-bond donors (Lipinski definition) is 1. The zero-order chi connectivity index (χ0) is 19.7. The Labute approximate surface area is 163 Å². The number of ether oxygens (including phenoxy) is 1. The van der Waals surface area contributed by atoms with Crippen molar-refractivity contribution in [2.75, 3.05) is 11.9 Å². The minimum atomic E-state index is -0.490. The molecule has 0 radical (unpaired) electrons. The van der Waals surface area contributed by atoms with Gasteiger partial charge in [-0.2, -0.15) is 4.98 Å². The Morgan fingerprint density at radius 1 is 1.39 bits per heavy atom. The highest BCUT2D eigenvalue weighted by Crippen LogP contribution is 2.42. The van der Waals surface area contributed by atoms with E-state index in [4.69, 9.17) is 9.26 Å². The number of anilines is 1. The number of nitro groups is 1. The number of rotatable bonds is 5. The van der Waals surface area contributed by atoms with E-state index in [1.165, 1.54) is 17.4 Å². The van der Waals surface area contributed by atoms with Crippen molar-refractivity contribution in [1.82, 2.24) is 10.1 Å². The molecule has 1 aliphatic heterocycles. The van der Waals surface area contributed by atoms with Crippen molar-refractivity contribution in [2.24, 2.45) is 0 Å². The topological polar surface area (TPSA) is 120 Å². The Kier molecular flexibility index (Phi) is 4.88. The SMILES string of the molecule is Cc1noc(-c2c(NC(=O)Cc3ccccc3[N+](=O)[O-])sc3c2CCOC3)n1. The second kappa shape index (κ2) is 7.49. The van der Waals surface area contributed by atoms with E-state index in [9.17, 15) is 14.9 Å². The number of nitrogens with one attached hydrogen (secondary N) is 1. The molecule has 0 bridgehead atoms. The van der Waals surface area contributed by atoms with Crippen LogP contribution in [0.15, 0.2) is 28.8 Å². The summed E-state index contributed by atoms with van der Waals surface area (Å²) in [4.78, 5) is 28.6. The molecule has 9 nitrogen and oxygen atoms in total. The van der Waals surface area contributed by atoms with Crippen LogP contribution >= 0.6 is 11.3 Å². The third-order valence-electron chi connectivity index (χ3n) is 4.35. The molecule has 0 saturated heterocycles. The summed E-state index contributed by atoms with van der Waals surface area (Å²) in [7, 11) is 0. The molecule has 1 amide bonds. The van der Waals surface area contributed by atoms with E-state index in [0.717, 1.165) is 10.4 Å². The van der Waals surface area contributed by atoms with E-state index in [1.807, 2.05) is 0 Å². The molecule has 0 spiro atoms. The average molecular weight is 400 g/mol. The summed E-state index contributed by atoms with van der Waals surface area (Å²) in [6.07, 6.45) is 0.571. The molecule has 1 aliphatic rings. The van der Waals surface area contributed by atoms with Gasteiger partial charge in [0.1, 0.15) is 5.00 Å². The van der Waals surface area contributed by atoms with Crippen LogP contribution in [-0.2, 0) is 29.0 Å². The summed E-state index contributed by atoms with van der Waals surface area (Å²) in [5.74, 6) is 0.489. The number of aromatic nitrogens is 2. The van der Waals surface area contributed by atoms with E-state index >= 15 is 0 Å². The molecule has 2 aromatic heterocycles. The largest absolute Gasteiger partial charge is 0.376 e. The number of carbonyl (C=O) groups excluding carboxylic acids is 1. The molecule has 144 valence electrons. The molecule has 1 N–H and O–H groups in total. The molecular formula is C18H16N4O5S. The van der Waals surface area contributed by atoms with E-state index in [2.05, 4.69) is 15.5 Å². The van der Waals surface area contributed by atoms with Gasteiger partial charge in [0.25, 0.3) is 11.6 Å². The predicted octanol–water partition coefficient (Wildman–Crippen LogP) is 3.27. The first kappa shape index (κ1) is 18.3. The Balaban J connectivity index is 1.64. The predicted molar refractivity (Wildman–Crippen MR) is 101 cm³/mol. The monoisotopic (exact) mass is 400 g/mol. The van der Waals surface area contributed by atoms with Gasteiger partial charge < -0.3 is 14.6 Å². The first-order valence-electron chi connectivity index (χ1n) is 8.58. The molecule has 0 saturated carbocycles. The molecule has 28 heavy (non-hydrogen) atoms. The molecule has 0 fully saturated rings. The maximum absolute atomic E-state index is 12.6. The molecule has 0 atom stereocenters. The Hall–Kier alpha value is -3.11. The fraction of sp³-hybridized carbons (Fsp3) is 0.278. The van der Waals surface area contributed by atoms with Crippen LogP contribution in [0.3, 0.4) is 0 Å². The van der Waals surface area contributed by atoms with Gasteiger partial charge in [-0.25, -0.2) is 0 Å². The number of para-hydroxylation sites is 1. The second-order valence-corrected chi connectivity index (χ2v) is 7.37. The van der Waals surface area contributed by atoms with Gasteiger partial charge in [0.05, 0.1) is 30.1 Å². The van der Waals surface area contributed by atoms with Crippen molar-refractivity contribution < 1.29 is 19.0 Å². The average Bonchev–Trinajstić information content (AvgIpc) is 3.24. The van der Waals surface area contributed by atoms with Gasteiger partial charge in [-0.15, -0.1) is 11.3 Å². The summed E-state index contributed by atoms with van der Waals surface area (Å²) in [5.41, 5.74) is 2.01. The number of aryl methyl sites for hydroxylation is 1. The second-order valence-electron chi connectivity index (χ2n) is 6.27. The van der Waals surface area contributed by atoms with Gasteiger partial charge in [0, 0.05) is 16.5 Å².